The zero-order valence-corrected chi connectivity index (χ0v) is 14.8. The molecule has 5 nitrogen and oxygen atoms in total. The first-order chi connectivity index (χ1) is 11.2. The Balaban J connectivity index is 1.49. The molecule has 1 aliphatic heterocycles. The summed E-state index contributed by atoms with van der Waals surface area (Å²) in [5, 5.41) is 0. The summed E-state index contributed by atoms with van der Waals surface area (Å²) in [5.74, 6) is 1.15. The Morgan fingerprint density at radius 1 is 1.35 bits per heavy atom. The van der Waals surface area contributed by atoms with E-state index in [1.807, 2.05) is 29.2 Å². The predicted molar refractivity (Wildman–Crippen MR) is 92.5 cm³/mol. The minimum Gasteiger partial charge on any atom is -0.472 e. The summed E-state index contributed by atoms with van der Waals surface area (Å²) in [7, 11) is 0. The summed E-state index contributed by atoms with van der Waals surface area (Å²) < 4.78 is 6.71. The van der Waals surface area contributed by atoms with Crippen LogP contribution in [-0.2, 0) is 4.79 Å². The summed E-state index contributed by atoms with van der Waals surface area (Å²) in [6.45, 7) is 1.34. The molecule has 0 unspecified atom stereocenters. The first-order valence-corrected chi connectivity index (χ1v) is 9.08. The van der Waals surface area contributed by atoms with E-state index in [2.05, 4.69) is 25.9 Å². The van der Waals surface area contributed by atoms with Gasteiger partial charge in [-0.2, -0.15) is 0 Å². The van der Waals surface area contributed by atoms with Crippen LogP contribution in [0.5, 0.6) is 5.88 Å². The van der Waals surface area contributed by atoms with Crippen molar-refractivity contribution >= 4 is 33.6 Å². The number of carbonyl (C=O) groups is 1. The van der Waals surface area contributed by atoms with E-state index in [9.17, 15) is 4.79 Å². The van der Waals surface area contributed by atoms with E-state index in [4.69, 9.17) is 4.74 Å². The summed E-state index contributed by atoms with van der Waals surface area (Å²) in [5.41, 5.74) is 0. The lowest BCUT2D eigenvalue weighted by molar-refractivity contribution is -0.127. The topological polar surface area (TPSA) is 55.3 Å². The highest BCUT2D eigenvalue weighted by molar-refractivity contribution is 9.10. The number of pyridine rings is 2. The number of thioether (sulfide) groups is 1. The number of rotatable bonds is 5. The second-order valence-electron chi connectivity index (χ2n) is 5.13. The van der Waals surface area contributed by atoms with Gasteiger partial charge < -0.3 is 9.64 Å². The Bertz CT molecular complexity index is 671. The lowest BCUT2D eigenvalue weighted by atomic mass is 10.3. The Kier molecular flexibility index (Phi) is 5.51. The minimum atomic E-state index is -0.00363. The molecule has 0 bridgehead atoms. The van der Waals surface area contributed by atoms with E-state index < -0.39 is 0 Å². The van der Waals surface area contributed by atoms with Gasteiger partial charge in [-0.3, -0.25) is 9.78 Å². The van der Waals surface area contributed by atoms with Gasteiger partial charge >= 0.3 is 0 Å². The predicted octanol–water partition coefficient (Wildman–Crippen LogP) is 3.01. The van der Waals surface area contributed by atoms with Gasteiger partial charge in [0.05, 0.1) is 16.8 Å². The summed E-state index contributed by atoms with van der Waals surface area (Å²) >= 11 is 4.95. The number of aromatic nitrogens is 2. The maximum atomic E-state index is 12.3. The molecule has 0 saturated carbocycles. The minimum absolute atomic E-state index is 0.00363. The van der Waals surface area contributed by atoms with Crippen molar-refractivity contribution in [3.05, 3.63) is 47.3 Å². The normalized spacial score (nSPS) is 17.3. The fourth-order valence-corrected chi connectivity index (χ4v) is 3.47. The van der Waals surface area contributed by atoms with Crippen molar-refractivity contribution in [2.75, 3.05) is 18.8 Å². The molecule has 1 aliphatic rings. The van der Waals surface area contributed by atoms with Crippen LogP contribution < -0.4 is 4.74 Å². The monoisotopic (exact) mass is 393 g/mol. The molecule has 0 N–H and O–H groups in total. The summed E-state index contributed by atoms with van der Waals surface area (Å²) in [6.07, 6.45) is 5.99. The van der Waals surface area contributed by atoms with Crippen molar-refractivity contribution in [2.45, 2.75) is 17.4 Å². The van der Waals surface area contributed by atoms with Crippen molar-refractivity contribution in [1.82, 2.24) is 14.9 Å². The zero-order chi connectivity index (χ0) is 16.1. The van der Waals surface area contributed by atoms with E-state index in [0.717, 1.165) is 22.3 Å². The van der Waals surface area contributed by atoms with E-state index >= 15 is 0 Å². The highest BCUT2D eigenvalue weighted by Crippen LogP contribution is 2.25. The first kappa shape index (κ1) is 16.3. The smallest absolute Gasteiger partial charge is 0.233 e. The van der Waals surface area contributed by atoms with Crippen LogP contribution in [0.25, 0.3) is 0 Å². The van der Waals surface area contributed by atoms with Gasteiger partial charge in [-0.15, -0.1) is 11.8 Å². The van der Waals surface area contributed by atoms with Crippen LogP contribution in [-0.4, -0.2) is 45.7 Å². The quantitative estimate of drug-likeness (QED) is 0.730. The van der Waals surface area contributed by atoms with E-state index in [1.165, 1.54) is 11.8 Å². The second kappa shape index (κ2) is 7.79. The molecule has 0 aromatic carbocycles. The Labute approximate surface area is 147 Å². The number of ether oxygens (including phenoxy) is 1. The lowest BCUT2D eigenvalue weighted by Gasteiger charge is -2.17. The van der Waals surface area contributed by atoms with E-state index in [1.54, 1.807) is 18.6 Å². The molecule has 0 spiro atoms. The third kappa shape index (κ3) is 4.45. The first-order valence-electron chi connectivity index (χ1n) is 7.30. The van der Waals surface area contributed by atoms with Crippen LogP contribution >= 0.6 is 27.7 Å². The van der Waals surface area contributed by atoms with Crippen molar-refractivity contribution < 1.29 is 9.53 Å². The summed E-state index contributed by atoms with van der Waals surface area (Å²) in [4.78, 5) is 23.4. The highest BCUT2D eigenvalue weighted by Gasteiger charge is 2.28. The average Bonchev–Trinajstić information content (AvgIpc) is 3.04. The third-order valence-electron chi connectivity index (χ3n) is 3.51. The molecule has 0 radical (unpaired) electrons. The average molecular weight is 394 g/mol. The van der Waals surface area contributed by atoms with Crippen LogP contribution in [0.3, 0.4) is 0 Å². The van der Waals surface area contributed by atoms with E-state index in [0.29, 0.717) is 18.2 Å². The van der Waals surface area contributed by atoms with Gasteiger partial charge in [0, 0.05) is 36.5 Å². The number of carbonyl (C=O) groups excluding carboxylic acids is 1. The van der Waals surface area contributed by atoms with Crippen molar-refractivity contribution in [3.63, 3.8) is 0 Å². The molecule has 3 rings (SSSR count). The number of hydrogen-bond acceptors (Lipinski definition) is 5. The zero-order valence-electron chi connectivity index (χ0n) is 12.4. The van der Waals surface area contributed by atoms with Crippen LogP contribution in [0.15, 0.2) is 52.2 Å². The van der Waals surface area contributed by atoms with Crippen molar-refractivity contribution in [2.24, 2.45) is 0 Å². The fraction of sp³-hybridized carbons (Fsp3) is 0.312. The summed E-state index contributed by atoms with van der Waals surface area (Å²) in [6, 6.07) is 7.56. The molecule has 1 fully saturated rings. The van der Waals surface area contributed by atoms with Crippen LogP contribution in [0.4, 0.5) is 0 Å². The van der Waals surface area contributed by atoms with Gasteiger partial charge in [0.15, 0.2) is 0 Å². The molecule has 120 valence electrons. The number of nitrogens with zero attached hydrogens (tertiary/aromatic N) is 3. The van der Waals surface area contributed by atoms with Crippen LogP contribution in [0.1, 0.15) is 6.42 Å². The molecule has 23 heavy (non-hydrogen) atoms. The maximum Gasteiger partial charge on any atom is 0.233 e. The molecule has 3 heterocycles. The Hall–Kier alpha value is -1.60. The van der Waals surface area contributed by atoms with Crippen molar-refractivity contribution in [3.8, 4) is 5.88 Å². The number of halogens is 1. The number of likely N-dealkylation sites (tertiary alicyclic amines) is 1. The molecular weight excluding hydrogens is 378 g/mol. The van der Waals surface area contributed by atoms with Gasteiger partial charge in [-0.1, -0.05) is 0 Å². The number of hydrogen-bond donors (Lipinski definition) is 0. The Morgan fingerprint density at radius 2 is 2.17 bits per heavy atom. The molecule has 7 heteroatoms. The molecule has 1 saturated heterocycles. The molecule has 0 aliphatic carbocycles. The van der Waals surface area contributed by atoms with Gasteiger partial charge in [-0.05, 0) is 40.2 Å². The van der Waals surface area contributed by atoms with E-state index in [-0.39, 0.29) is 12.0 Å². The molecular formula is C16H16BrN3O2S. The highest BCUT2D eigenvalue weighted by atomic mass is 79.9. The fourth-order valence-electron chi connectivity index (χ4n) is 2.34. The largest absolute Gasteiger partial charge is 0.472 e. The Morgan fingerprint density at radius 3 is 2.96 bits per heavy atom. The standard InChI is InChI=1S/C16H16BrN3O2S/c17-14-2-1-6-19-16(14)22-12-5-9-20(10-12)15(21)11-23-13-3-7-18-8-4-13/h1-4,6-8,12H,5,9-11H2/t12-/m0/s1. The van der Waals surface area contributed by atoms with Crippen LogP contribution in [0.2, 0.25) is 0 Å². The molecule has 1 atom stereocenters. The molecule has 1 amide bonds. The lowest BCUT2D eigenvalue weighted by Crippen LogP contribution is -2.32. The maximum absolute atomic E-state index is 12.3. The van der Waals surface area contributed by atoms with Crippen molar-refractivity contribution in [1.29, 1.82) is 0 Å². The second-order valence-corrected chi connectivity index (χ2v) is 7.03. The van der Waals surface area contributed by atoms with Crippen LogP contribution in [0, 0.1) is 0 Å². The molecule has 2 aromatic rings. The SMILES string of the molecule is O=C(CSc1ccncc1)N1CC[C@H](Oc2ncccc2Br)C1. The van der Waals surface area contributed by atoms with Gasteiger partial charge in [0.25, 0.3) is 0 Å². The third-order valence-corrected chi connectivity index (χ3v) is 5.11. The van der Waals surface area contributed by atoms with Gasteiger partial charge in [-0.25, -0.2) is 4.98 Å². The van der Waals surface area contributed by atoms with Gasteiger partial charge in [0.1, 0.15) is 6.10 Å². The number of amides is 1. The van der Waals surface area contributed by atoms with Gasteiger partial charge in [0.2, 0.25) is 11.8 Å². The molecule has 2 aromatic heterocycles.